The molecule has 0 spiro atoms. The fourth-order valence-electron chi connectivity index (χ4n) is 2.04. The van der Waals surface area contributed by atoms with Crippen molar-refractivity contribution in [3.05, 3.63) is 59.7 Å². The number of methoxy groups -OCH3 is 2. The minimum absolute atomic E-state index is 0.310. The Morgan fingerprint density at radius 2 is 1.14 bits per heavy atom. The van der Waals surface area contributed by atoms with Gasteiger partial charge in [0, 0.05) is 0 Å². The first-order valence-corrected chi connectivity index (χ1v) is 8.60. The lowest BCUT2D eigenvalue weighted by atomic mass is 10.2. The molecule has 2 aromatic carbocycles. The van der Waals surface area contributed by atoms with Gasteiger partial charge in [0.25, 0.3) is 11.8 Å². The highest BCUT2D eigenvalue weighted by Crippen LogP contribution is 2.10. The zero-order valence-corrected chi connectivity index (χ0v) is 16.1. The molecule has 0 aliphatic rings. The molecule has 0 unspecified atom stereocenters. The summed E-state index contributed by atoms with van der Waals surface area (Å²) >= 11 is 0. The number of carbonyl (C=O) groups excluding carboxylic acids is 2. The molecule has 29 heavy (non-hydrogen) atoms. The van der Waals surface area contributed by atoms with E-state index < -0.39 is 11.8 Å². The van der Waals surface area contributed by atoms with Crippen LogP contribution in [0.1, 0.15) is 11.1 Å². The Hall–Kier alpha value is -3.72. The molecule has 2 amide bonds. The fraction of sp³-hybridized carbons (Fsp3) is 0.200. The van der Waals surface area contributed by atoms with E-state index in [9.17, 15) is 9.59 Å². The fourth-order valence-corrected chi connectivity index (χ4v) is 2.04. The van der Waals surface area contributed by atoms with E-state index in [1.165, 1.54) is 12.4 Å². The monoisotopic (exact) mass is 398 g/mol. The molecule has 0 aliphatic heterocycles. The van der Waals surface area contributed by atoms with E-state index >= 15 is 0 Å². The third-order valence-corrected chi connectivity index (χ3v) is 3.50. The molecule has 9 nitrogen and oxygen atoms in total. The van der Waals surface area contributed by atoms with Gasteiger partial charge in [0.15, 0.2) is 0 Å². The summed E-state index contributed by atoms with van der Waals surface area (Å²) in [6, 6.07) is 14.3. The average Bonchev–Trinajstić information content (AvgIpc) is 2.75. The SMILES string of the molecule is COc1ccc(/C=N\NC(=O)COCC(=O)N/N=C\c2ccc(OC)cc2)cc1. The minimum Gasteiger partial charge on any atom is -0.497 e. The Balaban J connectivity index is 1.62. The molecule has 0 aromatic heterocycles. The molecule has 0 atom stereocenters. The Morgan fingerprint density at radius 1 is 0.759 bits per heavy atom. The first-order valence-electron chi connectivity index (χ1n) is 8.60. The standard InChI is InChI=1S/C20H22N4O5/c1-27-17-7-3-15(4-8-17)11-21-23-19(25)13-29-14-20(26)24-22-12-16-5-9-18(28-2)10-6-16/h3-12H,13-14H2,1-2H3,(H,23,25)(H,24,26)/b21-11-,22-12-. The molecule has 2 aromatic rings. The van der Waals surface area contributed by atoms with E-state index in [1.807, 2.05) is 0 Å². The second-order valence-corrected chi connectivity index (χ2v) is 5.63. The van der Waals surface area contributed by atoms with Crippen LogP contribution >= 0.6 is 0 Å². The van der Waals surface area contributed by atoms with Crippen molar-refractivity contribution in [2.75, 3.05) is 27.4 Å². The largest absolute Gasteiger partial charge is 0.497 e. The Labute approximate surface area is 168 Å². The maximum atomic E-state index is 11.6. The summed E-state index contributed by atoms with van der Waals surface area (Å²) in [4.78, 5) is 23.3. The van der Waals surface area contributed by atoms with E-state index in [0.29, 0.717) is 0 Å². The molecular weight excluding hydrogens is 376 g/mol. The van der Waals surface area contributed by atoms with Gasteiger partial charge in [-0.15, -0.1) is 0 Å². The quantitative estimate of drug-likeness (QED) is 0.463. The molecule has 0 aliphatic carbocycles. The van der Waals surface area contributed by atoms with Crippen molar-refractivity contribution in [1.29, 1.82) is 0 Å². The molecule has 0 radical (unpaired) electrons. The summed E-state index contributed by atoms with van der Waals surface area (Å²) in [5, 5.41) is 7.62. The lowest BCUT2D eigenvalue weighted by Gasteiger charge is -2.03. The van der Waals surface area contributed by atoms with E-state index in [4.69, 9.17) is 14.2 Å². The second kappa shape index (κ2) is 11.9. The summed E-state index contributed by atoms with van der Waals surface area (Å²) < 4.78 is 15.1. The first kappa shape index (κ1) is 21.6. The van der Waals surface area contributed by atoms with Crippen molar-refractivity contribution in [2.45, 2.75) is 0 Å². The summed E-state index contributed by atoms with van der Waals surface area (Å²) in [5.74, 6) is 0.492. The van der Waals surface area contributed by atoms with Crippen LogP contribution in [0.5, 0.6) is 11.5 Å². The van der Waals surface area contributed by atoms with Crippen LogP contribution in [-0.2, 0) is 14.3 Å². The van der Waals surface area contributed by atoms with Gasteiger partial charge in [0.1, 0.15) is 24.7 Å². The van der Waals surface area contributed by atoms with Crippen molar-refractivity contribution in [3.8, 4) is 11.5 Å². The molecule has 2 N–H and O–H groups in total. The maximum absolute atomic E-state index is 11.6. The highest BCUT2D eigenvalue weighted by Gasteiger charge is 2.03. The Kier molecular flexibility index (Phi) is 8.84. The molecule has 0 saturated carbocycles. The van der Waals surface area contributed by atoms with E-state index in [2.05, 4.69) is 21.1 Å². The molecule has 0 saturated heterocycles. The third-order valence-electron chi connectivity index (χ3n) is 3.50. The van der Waals surface area contributed by atoms with Gasteiger partial charge < -0.3 is 14.2 Å². The Bertz CT molecular complexity index is 777. The highest BCUT2D eigenvalue weighted by atomic mass is 16.5. The van der Waals surface area contributed by atoms with Crippen LogP contribution in [0.15, 0.2) is 58.7 Å². The molecular formula is C20H22N4O5. The van der Waals surface area contributed by atoms with Crippen LogP contribution in [0.4, 0.5) is 0 Å². The summed E-state index contributed by atoms with van der Waals surface area (Å²) in [7, 11) is 3.16. The van der Waals surface area contributed by atoms with Crippen LogP contribution in [0.3, 0.4) is 0 Å². The zero-order valence-electron chi connectivity index (χ0n) is 16.1. The summed E-state index contributed by atoms with van der Waals surface area (Å²) in [6.07, 6.45) is 2.97. The van der Waals surface area contributed by atoms with Crippen LogP contribution in [0.2, 0.25) is 0 Å². The van der Waals surface area contributed by atoms with Gasteiger partial charge in [-0.2, -0.15) is 10.2 Å². The van der Waals surface area contributed by atoms with Crippen LogP contribution < -0.4 is 20.3 Å². The lowest BCUT2D eigenvalue weighted by Crippen LogP contribution is -2.28. The number of nitrogens with zero attached hydrogens (tertiary/aromatic N) is 2. The molecule has 2 rings (SSSR count). The Morgan fingerprint density at radius 3 is 1.48 bits per heavy atom. The number of ether oxygens (including phenoxy) is 3. The van der Waals surface area contributed by atoms with Crippen molar-refractivity contribution in [1.82, 2.24) is 10.9 Å². The highest BCUT2D eigenvalue weighted by molar-refractivity contribution is 5.84. The molecule has 9 heteroatoms. The smallest absolute Gasteiger partial charge is 0.266 e. The normalized spacial score (nSPS) is 10.8. The van der Waals surface area contributed by atoms with Crippen molar-refractivity contribution >= 4 is 24.2 Å². The van der Waals surface area contributed by atoms with Gasteiger partial charge >= 0.3 is 0 Å². The zero-order chi connectivity index (χ0) is 20.9. The average molecular weight is 398 g/mol. The van der Waals surface area contributed by atoms with E-state index in [-0.39, 0.29) is 13.2 Å². The van der Waals surface area contributed by atoms with Gasteiger partial charge in [-0.25, -0.2) is 10.9 Å². The number of rotatable bonds is 10. The molecule has 0 fully saturated rings. The van der Waals surface area contributed by atoms with E-state index in [1.54, 1.807) is 62.8 Å². The lowest BCUT2D eigenvalue weighted by molar-refractivity contribution is -0.130. The molecule has 152 valence electrons. The minimum atomic E-state index is -0.482. The molecule has 0 heterocycles. The third kappa shape index (κ3) is 8.22. The van der Waals surface area contributed by atoms with Crippen LogP contribution in [0.25, 0.3) is 0 Å². The van der Waals surface area contributed by atoms with Crippen molar-refractivity contribution in [3.63, 3.8) is 0 Å². The van der Waals surface area contributed by atoms with Gasteiger partial charge in [-0.1, -0.05) is 0 Å². The predicted molar refractivity (Wildman–Crippen MR) is 108 cm³/mol. The number of hydrogen-bond donors (Lipinski definition) is 2. The summed E-state index contributed by atoms with van der Waals surface area (Å²) in [5.41, 5.74) is 6.21. The van der Waals surface area contributed by atoms with Gasteiger partial charge in [0.05, 0.1) is 26.6 Å². The first-order chi connectivity index (χ1) is 14.1. The number of hydrazone groups is 2. The topological polar surface area (TPSA) is 111 Å². The van der Waals surface area contributed by atoms with Crippen molar-refractivity contribution in [2.24, 2.45) is 10.2 Å². The maximum Gasteiger partial charge on any atom is 0.266 e. The molecule has 0 bridgehead atoms. The number of carbonyl (C=O) groups is 2. The van der Waals surface area contributed by atoms with Gasteiger partial charge in [0.2, 0.25) is 0 Å². The van der Waals surface area contributed by atoms with Crippen LogP contribution in [0, 0.1) is 0 Å². The number of amides is 2. The number of hydrogen-bond acceptors (Lipinski definition) is 7. The van der Waals surface area contributed by atoms with Gasteiger partial charge in [-0.3, -0.25) is 9.59 Å². The van der Waals surface area contributed by atoms with Gasteiger partial charge in [-0.05, 0) is 59.7 Å². The van der Waals surface area contributed by atoms with Crippen molar-refractivity contribution < 1.29 is 23.8 Å². The van der Waals surface area contributed by atoms with Crippen LogP contribution in [-0.4, -0.2) is 51.7 Å². The second-order valence-electron chi connectivity index (χ2n) is 5.63. The van der Waals surface area contributed by atoms with E-state index in [0.717, 1.165) is 22.6 Å². The number of nitrogens with one attached hydrogen (secondary N) is 2. The summed E-state index contributed by atoms with van der Waals surface area (Å²) in [6.45, 7) is -0.620. The predicted octanol–water partition coefficient (Wildman–Crippen LogP) is 1.32. The number of benzene rings is 2.